The molecule has 3 nitrogen and oxygen atoms in total. The van der Waals surface area contributed by atoms with E-state index in [1.807, 2.05) is 12.3 Å². The van der Waals surface area contributed by atoms with Crippen LogP contribution in [0.25, 0.3) is 0 Å². The Balaban J connectivity index is 2.22. The summed E-state index contributed by atoms with van der Waals surface area (Å²) in [4.78, 5) is 4.14. The lowest BCUT2D eigenvalue weighted by Gasteiger charge is -2.08. The molecule has 0 amide bonds. The van der Waals surface area contributed by atoms with Gasteiger partial charge >= 0.3 is 0 Å². The van der Waals surface area contributed by atoms with Crippen molar-refractivity contribution >= 4 is 17.4 Å². The average Bonchev–Trinajstić information content (AvgIpc) is 2.92. The molecule has 0 saturated heterocycles. The van der Waals surface area contributed by atoms with Crippen molar-refractivity contribution in [2.75, 3.05) is 12.0 Å². The van der Waals surface area contributed by atoms with E-state index in [9.17, 15) is 0 Å². The Morgan fingerprint density at radius 1 is 1.62 bits per heavy atom. The summed E-state index contributed by atoms with van der Waals surface area (Å²) in [6, 6.07) is 1.83. The maximum Gasteiger partial charge on any atom is 0.146 e. The second kappa shape index (κ2) is 3.46. The van der Waals surface area contributed by atoms with Gasteiger partial charge in [0.15, 0.2) is 0 Å². The van der Waals surface area contributed by atoms with Gasteiger partial charge in [-0.1, -0.05) is 0 Å². The van der Waals surface area contributed by atoms with E-state index < -0.39 is 0 Å². The van der Waals surface area contributed by atoms with Crippen LogP contribution in [0, 0.1) is 0 Å². The molecule has 1 aliphatic rings. The Kier molecular flexibility index (Phi) is 2.31. The normalized spacial score (nSPS) is 15.8. The van der Waals surface area contributed by atoms with Crippen molar-refractivity contribution in [3.05, 3.63) is 12.3 Å². The zero-order chi connectivity index (χ0) is 9.26. The molecule has 0 spiro atoms. The molecule has 0 aromatic carbocycles. The molecule has 1 saturated carbocycles. The molecule has 2 N–H and O–H groups in total. The van der Waals surface area contributed by atoms with Gasteiger partial charge in [0.1, 0.15) is 16.5 Å². The summed E-state index contributed by atoms with van der Waals surface area (Å²) in [7, 11) is 0. The van der Waals surface area contributed by atoms with Crippen molar-refractivity contribution in [1.82, 2.24) is 4.98 Å². The molecule has 0 atom stereocenters. The van der Waals surface area contributed by atoms with Gasteiger partial charge in [0.2, 0.25) is 0 Å². The lowest BCUT2D eigenvalue weighted by atomic mass is 10.4. The van der Waals surface area contributed by atoms with Gasteiger partial charge in [0.25, 0.3) is 0 Å². The van der Waals surface area contributed by atoms with Crippen molar-refractivity contribution in [2.45, 2.75) is 24.0 Å². The molecule has 0 bridgehead atoms. The number of hydrogen-bond donors (Lipinski definition) is 1. The van der Waals surface area contributed by atoms with Crippen molar-refractivity contribution in [3.63, 3.8) is 0 Å². The van der Waals surface area contributed by atoms with Gasteiger partial charge in [-0.3, -0.25) is 0 Å². The maximum absolute atomic E-state index is 5.86. The predicted octanol–water partition coefficient (Wildman–Crippen LogP) is 1.93. The van der Waals surface area contributed by atoms with Gasteiger partial charge in [0, 0.05) is 12.3 Å². The summed E-state index contributed by atoms with van der Waals surface area (Å²) in [5.74, 6) is 0.779. The average molecular weight is 196 g/mol. The number of nitrogens with zero attached hydrogens (tertiary/aromatic N) is 1. The summed E-state index contributed by atoms with van der Waals surface area (Å²) in [5.41, 5.74) is 6.53. The summed E-state index contributed by atoms with van der Waals surface area (Å²) < 4.78 is 5.62. The molecule has 1 aromatic heterocycles. The van der Waals surface area contributed by atoms with Crippen LogP contribution in [0.5, 0.6) is 5.75 Å². The molecule has 1 heterocycles. The Morgan fingerprint density at radius 3 is 3.00 bits per heavy atom. The highest BCUT2D eigenvalue weighted by atomic mass is 32.2. The van der Waals surface area contributed by atoms with Gasteiger partial charge in [-0.15, -0.1) is 11.8 Å². The van der Waals surface area contributed by atoms with Crippen molar-refractivity contribution < 1.29 is 4.74 Å². The van der Waals surface area contributed by atoms with Crippen LogP contribution in [-0.2, 0) is 0 Å². The number of aromatic nitrogens is 1. The van der Waals surface area contributed by atoms with E-state index in [0.29, 0.717) is 11.8 Å². The predicted molar refractivity (Wildman–Crippen MR) is 54.1 cm³/mol. The zero-order valence-corrected chi connectivity index (χ0v) is 8.30. The van der Waals surface area contributed by atoms with Crippen molar-refractivity contribution in [1.29, 1.82) is 0 Å². The highest BCUT2D eigenvalue weighted by molar-refractivity contribution is 7.98. The standard InChI is InChI=1S/C9H12N2OS/c1-13-9-8(10)7(4-5-11-9)12-6-2-3-6/h4-6H,2-3,10H2,1H3. The molecular formula is C9H12N2OS. The SMILES string of the molecule is CSc1nccc(OC2CC2)c1N. The van der Waals surface area contributed by atoms with Crippen LogP contribution in [0.4, 0.5) is 5.69 Å². The van der Waals surface area contributed by atoms with Crippen LogP contribution in [0.15, 0.2) is 17.3 Å². The van der Waals surface area contributed by atoms with Crippen molar-refractivity contribution in [2.24, 2.45) is 0 Å². The fraction of sp³-hybridized carbons (Fsp3) is 0.444. The molecular weight excluding hydrogens is 184 g/mol. The number of pyridine rings is 1. The molecule has 4 heteroatoms. The van der Waals surface area contributed by atoms with E-state index in [1.54, 1.807) is 18.0 Å². The topological polar surface area (TPSA) is 48.1 Å². The van der Waals surface area contributed by atoms with Gasteiger partial charge in [-0.2, -0.15) is 0 Å². The molecule has 13 heavy (non-hydrogen) atoms. The van der Waals surface area contributed by atoms with E-state index in [2.05, 4.69) is 4.98 Å². The third-order valence-electron chi connectivity index (χ3n) is 1.92. The third-order valence-corrected chi connectivity index (χ3v) is 2.64. The summed E-state index contributed by atoms with van der Waals surface area (Å²) >= 11 is 1.54. The van der Waals surface area contributed by atoms with E-state index in [1.165, 1.54) is 0 Å². The molecule has 1 aliphatic carbocycles. The Morgan fingerprint density at radius 2 is 2.38 bits per heavy atom. The molecule has 1 aromatic rings. The van der Waals surface area contributed by atoms with Gasteiger partial charge < -0.3 is 10.5 Å². The first-order valence-corrected chi connectivity index (χ1v) is 5.49. The van der Waals surface area contributed by atoms with E-state index in [4.69, 9.17) is 10.5 Å². The third kappa shape index (κ3) is 1.88. The molecule has 0 radical (unpaired) electrons. The lowest BCUT2D eigenvalue weighted by molar-refractivity contribution is 0.304. The minimum atomic E-state index is 0.388. The minimum Gasteiger partial charge on any atom is -0.488 e. The summed E-state index contributed by atoms with van der Waals surface area (Å²) in [5, 5.41) is 0.846. The maximum atomic E-state index is 5.86. The number of nitrogens with two attached hydrogens (primary N) is 1. The fourth-order valence-corrected chi connectivity index (χ4v) is 1.56. The minimum absolute atomic E-state index is 0.388. The fourth-order valence-electron chi connectivity index (χ4n) is 1.07. The zero-order valence-electron chi connectivity index (χ0n) is 7.49. The monoisotopic (exact) mass is 196 g/mol. The quantitative estimate of drug-likeness (QED) is 0.750. The lowest BCUT2D eigenvalue weighted by Crippen LogP contribution is -2.01. The van der Waals surface area contributed by atoms with Crippen LogP contribution in [-0.4, -0.2) is 17.3 Å². The largest absolute Gasteiger partial charge is 0.488 e. The Bertz CT molecular complexity index is 312. The summed E-state index contributed by atoms with van der Waals surface area (Å²) in [6.45, 7) is 0. The number of nitrogen functional groups attached to an aromatic ring is 1. The van der Waals surface area contributed by atoms with Gasteiger partial charge in [0.05, 0.1) is 6.10 Å². The van der Waals surface area contributed by atoms with E-state index in [0.717, 1.165) is 23.6 Å². The highest BCUT2D eigenvalue weighted by Crippen LogP contribution is 2.33. The summed E-state index contributed by atoms with van der Waals surface area (Å²) in [6.07, 6.45) is 6.38. The van der Waals surface area contributed by atoms with Crippen LogP contribution >= 0.6 is 11.8 Å². The van der Waals surface area contributed by atoms with Crippen molar-refractivity contribution in [3.8, 4) is 5.75 Å². The van der Waals surface area contributed by atoms with Crippen LogP contribution < -0.4 is 10.5 Å². The van der Waals surface area contributed by atoms with Crippen LogP contribution in [0.2, 0.25) is 0 Å². The molecule has 0 aliphatic heterocycles. The number of hydrogen-bond acceptors (Lipinski definition) is 4. The number of ether oxygens (including phenoxy) is 1. The second-order valence-corrected chi connectivity index (χ2v) is 3.84. The Labute approximate surface area is 81.7 Å². The smallest absolute Gasteiger partial charge is 0.146 e. The van der Waals surface area contributed by atoms with Crippen LogP contribution in [0.1, 0.15) is 12.8 Å². The van der Waals surface area contributed by atoms with Crippen LogP contribution in [0.3, 0.4) is 0 Å². The molecule has 2 rings (SSSR count). The first-order chi connectivity index (χ1) is 6.31. The number of anilines is 1. The number of rotatable bonds is 3. The number of thioether (sulfide) groups is 1. The second-order valence-electron chi connectivity index (χ2n) is 3.05. The molecule has 70 valence electrons. The van der Waals surface area contributed by atoms with Gasteiger partial charge in [-0.25, -0.2) is 4.98 Å². The van der Waals surface area contributed by atoms with E-state index in [-0.39, 0.29) is 0 Å². The first-order valence-electron chi connectivity index (χ1n) is 4.26. The molecule has 1 fully saturated rings. The Hall–Kier alpha value is -0.900. The van der Waals surface area contributed by atoms with E-state index >= 15 is 0 Å². The first kappa shape index (κ1) is 8.69. The van der Waals surface area contributed by atoms with Gasteiger partial charge in [-0.05, 0) is 19.1 Å². The highest BCUT2D eigenvalue weighted by Gasteiger charge is 2.24. The molecule has 0 unspecified atom stereocenters.